The minimum absolute atomic E-state index is 0.372. The number of halogens is 3. The number of urea groups is 1. The van der Waals surface area contributed by atoms with E-state index < -0.39 is 6.03 Å². The first-order valence-corrected chi connectivity index (χ1v) is 7.41. The summed E-state index contributed by atoms with van der Waals surface area (Å²) >= 11 is 15.1. The lowest BCUT2D eigenvalue weighted by Gasteiger charge is -2.11. The van der Waals surface area contributed by atoms with Crippen LogP contribution in [0.1, 0.15) is 0 Å². The fourth-order valence-corrected chi connectivity index (χ4v) is 2.23. The minimum atomic E-state index is -0.401. The van der Waals surface area contributed by atoms with Crippen molar-refractivity contribution < 1.29 is 9.53 Å². The third-order valence-corrected chi connectivity index (χ3v) is 4.03. The molecule has 2 aromatic rings. The van der Waals surface area contributed by atoms with E-state index in [1.54, 1.807) is 43.5 Å². The van der Waals surface area contributed by atoms with Gasteiger partial charge < -0.3 is 15.4 Å². The van der Waals surface area contributed by atoms with Crippen LogP contribution in [0.25, 0.3) is 0 Å². The summed E-state index contributed by atoms with van der Waals surface area (Å²) in [4.78, 5) is 12.0. The van der Waals surface area contributed by atoms with E-state index in [4.69, 9.17) is 27.9 Å². The van der Waals surface area contributed by atoms with E-state index >= 15 is 0 Å². The lowest BCUT2D eigenvalue weighted by molar-refractivity contribution is 0.262. The number of hydrogen-bond donors (Lipinski definition) is 2. The first kappa shape index (κ1) is 15.9. The van der Waals surface area contributed by atoms with Gasteiger partial charge in [0, 0.05) is 16.2 Å². The Labute approximate surface area is 140 Å². The Morgan fingerprint density at radius 1 is 1.10 bits per heavy atom. The van der Waals surface area contributed by atoms with Crippen molar-refractivity contribution in [1.82, 2.24) is 0 Å². The van der Waals surface area contributed by atoms with Crippen molar-refractivity contribution in [2.45, 2.75) is 0 Å². The van der Waals surface area contributed by atoms with Crippen LogP contribution in [0.15, 0.2) is 40.9 Å². The van der Waals surface area contributed by atoms with Gasteiger partial charge in [-0.25, -0.2) is 4.79 Å². The van der Waals surface area contributed by atoms with Crippen LogP contribution in [-0.4, -0.2) is 13.1 Å². The standard InChI is InChI=1S/C14H11BrCl2N2O2/c1-21-9-3-4-10(15)13(7-9)19-14(20)18-8-2-5-11(16)12(17)6-8/h2-7H,1H3,(H2,18,19,20). The lowest BCUT2D eigenvalue weighted by Crippen LogP contribution is -2.19. The molecule has 4 nitrogen and oxygen atoms in total. The summed E-state index contributed by atoms with van der Waals surface area (Å²) in [5.41, 5.74) is 1.13. The third kappa shape index (κ3) is 4.27. The molecule has 2 N–H and O–H groups in total. The highest BCUT2D eigenvalue weighted by Gasteiger charge is 2.08. The van der Waals surface area contributed by atoms with Gasteiger partial charge in [-0.2, -0.15) is 0 Å². The second-order valence-electron chi connectivity index (χ2n) is 4.05. The zero-order valence-corrected chi connectivity index (χ0v) is 14.0. The molecule has 0 unspecified atom stereocenters. The minimum Gasteiger partial charge on any atom is -0.497 e. The summed E-state index contributed by atoms with van der Waals surface area (Å²) in [7, 11) is 1.56. The molecule has 0 aliphatic heterocycles. The molecular formula is C14H11BrCl2N2O2. The molecule has 0 aliphatic carbocycles. The smallest absolute Gasteiger partial charge is 0.323 e. The molecule has 0 heterocycles. The zero-order valence-electron chi connectivity index (χ0n) is 10.9. The number of ether oxygens (including phenoxy) is 1. The van der Waals surface area contributed by atoms with E-state index in [0.717, 1.165) is 4.47 Å². The molecule has 0 saturated heterocycles. The normalized spacial score (nSPS) is 10.1. The molecule has 0 fully saturated rings. The van der Waals surface area contributed by atoms with E-state index in [0.29, 0.717) is 27.2 Å². The molecule has 7 heteroatoms. The van der Waals surface area contributed by atoms with Crippen LogP contribution in [0.5, 0.6) is 5.75 Å². The summed E-state index contributed by atoms with van der Waals surface area (Å²) in [6, 6.07) is 9.72. The molecule has 2 aromatic carbocycles. The van der Waals surface area contributed by atoms with E-state index in [1.165, 1.54) is 0 Å². The van der Waals surface area contributed by atoms with Crippen LogP contribution in [0.4, 0.5) is 16.2 Å². The summed E-state index contributed by atoms with van der Waals surface area (Å²) in [6.07, 6.45) is 0. The van der Waals surface area contributed by atoms with Gasteiger partial charge in [-0.15, -0.1) is 0 Å². The number of nitrogens with one attached hydrogen (secondary N) is 2. The van der Waals surface area contributed by atoms with Gasteiger partial charge >= 0.3 is 6.03 Å². The van der Waals surface area contributed by atoms with Gasteiger partial charge in [0.15, 0.2) is 0 Å². The Bertz CT molecular complexity index is 680. The van der Waals surface area contributed by atoms with Gasteiger partial charge in [-0.1, -0.05) is 23.2 Å². The molecule has 0 aromatic heterocycles. The predicted octanol–water partition coefficient (Wildman–Crippen LogP) is 5.41. The second kappa shape index (κ2) is 7.02. The van der Waals surface area contributed by atoms with E-state index in [-0.39, 0.29) is 0 Å². The van der Waals surface area contributed by atoms with Crippen molar-refractivity contribution in [3.63, 3.8) is 0 Å². The highest BCUT2D eigenvalue weighted by atomic mass is 79.9. The predicted molar refractivity (Wildman–Crippen MR) is 89.8 cm³/mol. The van der Waals surface area contributed by atoms with Crippen LogP contribution >= 0.6 is 39.1 Å². The Morgan fingerprint density at radius 3 is 2.52 bits per heavy atom. The molecule has 0 saturated carbocycles. The third-order valence-electron chi connectivity index (χ3n) is 2.60. The van der Waals surface area contributed by atoms with Crippen molar-refractivity contribution in [2.24, 2.45) is 0 Å². The molecular weight excluding hydrogens is 379 g/mol. The molecule has 110 valence electrons. The lowest BCUT2D eigenvalue weighted by atomic mass is 10.3. The summed E-state index contributed by atoms with van der Waals surface area (Å²) < 4.78 is 5.86. The van der Waals surface area contributed by atoms with E-state index in [9.17, 15) is 4.79 Å². The second-order valence-corrected chi connectivity index (χ2v) is 5.72. The maximum Gasteiger partial charge on any atom is 0.323 e. The number of hydrogen-bond acceptors (Lipinski definition) is 2. The molecule has 21 heavy (non-hydrogen) atoms. The van der Waals surface area contributed by atoms with Gasteiger partial charge in [0.2, 0.25) is 0 Å². The molecule has 0 atom stereocenters. The SMILES string of the molecule is COc1ccc(Br)c(NC(=O)Nc2ccc(Cl)c(Cl)c2)c1. The van der Waals surface area contributed by atoms with E-state index in [1.807, 2.05) is 0 Å². The number of carbonyl (C=O) groups is 1. The summed E-state index contributed by atoms with van der Waals surface area (Å²) in [5.74, 6) is 0.642. The van der Waals surface area contributed by atoms with Crippen LogP contribution < -0.4 is 15.4 Å². The largest absolute Gasteiger partial charge is 0.497 e. The van der Waals surface area contributed by atoms with Crippen molar-refractivity contribution >= 4 is 56.5 Å². The number of anilines is 2. The fraction of sp³-hybridized carbons (Fsp3) is 0.0714. The Morgan fingerprint density at radius 2 is 1.86 bits per heavy atom. The Kier molecular flexibility index (Phi) is 5.33. The molecule has 0 aliphatic rings. The maximum atomic E-state index is 12.0. The van der Waals surface area contributed by atoms with Crippen molar-refractivity contribution in [3.05, 3.63) is 50.9 Å². The first-order valence-electron chi connectivity index (χ1n) is 5.86. The number of amides is 2. The van der Waals surface area contributed by atoms with Crippen LogP contribution in [0.2, 0.25) is 10.0 Å². The summed E-state index contributed by atoms with van der Waals surface area (Å²) in [6.45, 7) is 0. The number of benzene rings is 2. The van der Waals surface area contributed by atoms with E-state index in [2.05, 4.69) is 26.6 Å². The van der Waals surface area contributed by atoms with Crippen LogP contribution in [0.3, 0.4) is 0 Å². The Balaban J connectivity index is 2.09. The highest BCUT2D eigenvalue weighted by Crippen LogP contribution is 2.28. The summed E-state index contributed by atoms with van der Waals surface area (Å²) in [5, 5.41) is 6.18. The number of rotatable bonds is 3. The Hall–Kier alpha value is -1.43. The molecule has 0 spiro atoms. The van der Waals surface area contributed by atoms with Gasteiger partial charge in [-0.3, -0.25) is 0 Å². The monoisotopic (exact) mass is 388 g/mol. The van der Waals surface area contributed by atoms with Crippen molar-refractivity contribution in [2.75, 3.05) is 17.7 Å². The van der Waals surface area contributed by atoms with Crippen LogP contribution in [-0.2, 0) is 0 Å². The number of methoxy groups -OCH3 is 1. The quantitative estimate of drug-likeness (QED) is 0.737. The van der Waals surface area contributed by atoms with Crippen molar-refractivity contribution in [1.29, 1.82) is 0 Å². The van der Waals surface area contributed by atoms with Gasteiger partial charge in [0.1, 0.15) is 5.75 Å². The van der Waals surface area contributed by atoms with Gasteiger partial charge in [0.05, 0.1) is 22.8 Å². The fourth-order valence-electron chi connectivity index (χ4n) is 1.59. The molecule has 2 rings (SSSR count). The van der Waals surface area contributed by atoms with Gasteiger partial charge in [-0.05, 0) is 46.3 Å². The highest BCUT2D eigenvalue weighted by molar-refractivity contribution is 9.10. The first-order chi connectivity index (χ1) is 9.99. The van der Waals surface area contributed by atoms with Gasteiger partial charge in [0.25, 0.3) is 0 Å². The number of carbonyl (C=O) groups excluding carboxylic acids is 1. The topological polar surface area (TPSA) is 50.4 Å². The molecule has 0 bridgehead atoms. The average molecular weight is 390 g/mol. The molecule has 2 amide bonds. The average Bonchev–Trinajstić information content (AvgIpc) is 2.45. The molecule has 0 radical (unpaired) electrons. The van der Waals surface area contributed by atoms with Crippen LogP contribution in [0, 0.1) is 0 Å². The zero-order chi connectivity index (χ0) is 15.4. The maximum absolute atomic E-state index is 12.0. The van der Waals surface area contributed by atoms with Crippen molar-refractivity contribution in [3.8, 4) is 5.75 Å².